The number of nitrogens with one attached hydrogen (secondary N) is 1. The average Bonchev–Trinajstić information content (AvgIpc) is 2.53. The molecule has 0 saturated heterocycles. The Morgan fingerprint density at radius 1 is 1.25 bits per heavy atom. The highest BCUT2D eigenvalue weighted by Gasteiger charge is 2.17. The largest absolute Gasteiger partial charge is 0.478 e. The van der Waals surface area contributed by atoms with E-state index in [1.807, 2.05) is 0 Å². The number of nitro benzene ring substituents is 1. The van der Waals surface area contributed by atoms with Crippen molar-refractivity contribution in [1.82, 2.24) is 0 Å². The number of carbonyl (C=O) groups is 2. The van der Waals surface area contributed by atoms with E-state index in [1.165, 1.54) is 30.3 Å². The number of carbonyl (C=O) groups excluding carboxylic acids is 1. The molecule has 0 aliphatic carbocycles. The highest BCUT2D eigenvalue weighted by molar-refractivity contribution is 6.00. The van der Waals surface area contributed by atoms with Crippen molar-refractivity contribution in [3.8, 4) is 5.75 Å². The van der Waals surface area contributed by atoms with Gasteiger partial charge < -0.3 is 15.2 Å². The van der Waals surface area contributed by atoms with E-state index in [2.05, 4.69) is 5.32 Å². The SMILES string of the molecule is Cc1ccc(OCC(=O)Nc2ccccc2C(=O)O)c([N+](=O)[O-])c1. The minimum atomic E-state index is -1.18. The lowest BCUT2D eigenvalue weighted by Gasteiger charge is -2.10. The van der Waals surface area contributed by atoms with Crippen LogP contribution in [0.15, 0.2) is 42.5 Å². The maximum absolute atomic E-state index is 11.9. The van der Waals surface area contributed by atoms with Crippen LogP contribution in [0, 0.1) is 17.0 Å². The molecule has 0 fully saturated rings. The standard InChI is InChI=1S/C16H14N2O6/c1-10-6-7-14(13(8-10)18(22)23)24-9-15(19)17-12-5-3-2-4-11(12)16(20)21/h2-8H,9H2,1H3,(H,17,19)(H,20,21). The normalized spacial score (nSPS) is 10.0. The highest BCUT2D eigenvalue weighted by Crippen LogP contribution is 2.27. The van der Waals surface area contributed by atoms with Gasteiger partial charge in [-0.2, -0.15) is 0 Å². The Bertz CT molecular complexity index is 803. The molecule has 0 aliphatic rings. The third-order valence-corrected chi connectivity index (χ3v) is 3.10. The predicted octanol–water partition coefficient (Wildman–Crippen LogP) is 2.62. The summed E-state index contributed by atoms with van der Waals surface area (Å²) >= 11 is 0. The van der Waals surface area contributed by atoms with Crippen molar-refractivity contribution < 1.29 is 24.4 Å². The van der Waals surface area contributed by atoms with Gasteiger partial charge in [0.15, 0.2) is 12.4 Å². The number of anilines is 1. The van der Waals surface area contributed by atoms with E-state index in [-0.39, 0.29) is 22.7 Å². The van der Waals surface area contributed by atoms with Gasteiger partial charge in [0.25, 0.3) is 5.91 Å². The lowest BCUT2D eigenvalue weighted by molar-refractivity contribution is -0.385. The number of rotatable bonds is 6. The number of benzene rings is 2. The smallest absolute Gasteiger partial charge is 0.337 e. The van der Waals surface area contributed by atoms with Crippen LogP contribution in [0.4, 0.5) is 11.4 Å². The molecule has 2 aromatic rings. The molecule has 1 amide bonds. The molecule has 8 nitrogen and oxygen atoms in total. The first-order valence-electron chi connectivity index (χ1n) is 6.88. The van der Waals surface area contributed by atoms with Gasteiger partial charge in [-0.15, -0.1) is 0 Å². The Morgan fingerprint density at radius 3 is 2.62 bits per heavy atom. The van der Waals surface area contributed by atoms with Gasteiger partial charge in [0, 0.05) is 6.07 Å². The minimum Gasteiger partial charge on any atom is -0.478 e. The lowest BCUT2D eigenvalue weighted by atomic mass is 10.2. The first-order valence-corrected chi connectivity index (χ1v) is 6.88. The van der Waals surface area contributed by atoms with Crippen molar-refractivity contribution in [1.29, 1.82) is 0 Å². The quantitative estimate of drug-likeness (QED) is 0.621. The molecule has 0 bridgehead atoms. The van der Waals surface area contributed by atoms with Crippen LogP contribution in [-0.2, 0) is 4.79 Å². The molecular weight excluding hydrogens is 316 g/mol. The van der Waals surface area contributed by atoms with E-state index in [9.17, 15) is 19.7 Å². The molecular formula is C16H14N2O6. The van der Waals surface area contributed by atoms with Gasteiger partial charge >= 0.3 is 11.7 Å². The zero-order valence-corrected chi connectivity index (χ0v) is 12.7. The molecule has 8 heteroatoms. The van der Waals surface area contributed by atoms with E-state index >= 15 is 0 Å². The van der Waals surface area contributed by atoms with Gasteiger partial charge in [0.2, 0.25) is 0 Å². The summed E-state index contributed by atoms with van der Waals surface area (Å²) in [5, 5.41) is 22.4. The number of amides is 1. The van der Waals surface area contributed by atoms with E-state index < -0.39 is 23.4 Å². The summed E-state index contributed by atoms with van der Waals surface area (Å²) in [5.74, 6) is -1.84. The first kappa shape index (κ1) is 16.9. The Morgan fingerprint density at radius 2 is 1.96 bits per heavy atom. The third-order valence-electron chi connectivity index (χ3n) is 3.10. The van der Waals surface area contributed by atoms with Crippen LogP contribution in [0.3, 0.4) is 0 Å². The van der Waals surface area contributed by atoms with Gasteiger partial charge in [-0.3, -0.25) is 14.9 Å². The molecule has 0 saturated carbocycles. The fourth-order valence-electron chi connectivity index (χ4n) is 2.00. The molecule has 0 aliphatic heterocycles. The number of hydrogen-bond acceptors (Lipinski definition) is 5. The zero-order chi connectivity index (χ0) is 17.7. The lowest BCUT2D eigenvalue weighted by Crippen LogP contribution is -2.21. The minimum absolute atomic E-state index is 0.0349. The molecule has 2 N–H and O–H groups in total. The molecule has 0 atom stereocenters. The molecule has 124 valence electrons. The summed E-state index contributed by atoms with van der Waals surface area (Å²) < 4.78 is 5.19. The number of aryl methyl sites for hydroxylation is 1. The predicted molar refractivity (Wildman–Crippen MR) is 85.4 cm³/mol. The van der Waals surface area contributed by atoms with Crippen molar-refractivity contribution >= 4 is 23.3 Å². The zero-order valence-electron chi connectivity index (χ0n) is 12.7. The monoisotopic (exact) mass is 330 g/mol. The first-order chi connectivity index (χ1) is 11.4. The molecule has 0 spiro atoms. The molecule has 2 rings (SSSR count). The number of nitro groups is 1. The number of ether oxygens (including phenoxy) is 1. The molecule has 2 aromatic carbocycles. The number of para-hydroxylation sites is 1. The molecule has 0 aromatic heterocycles. The summed E-state index contributed by atoms with van der Waals surface area (Å²) in [4.78, 5) is 33.4. The Labute approximate surface area is 136 Å². The van der Waals surface area contributed by atoms with Gasteiger partial charge in [-0.1, -0.05) is 18.2 Å². The van der Waals surface area contributed by atoms with Crippen molar-refractivity contribution in [2.75, 3.05) is 11.9 Å². The Balaban J connectivity index is 2.07. The van der Waals surface area contributed by atoms with Crippen LogP contribution in [0.25, 0.3) is 0 Å². The van der Waals surface area contributed by atoms with Gasteiger partial charge in [-0.25, -0.2) is 4.79 Å². The van der Waals surface area contributed by atoms with Crippen LogP contribution in [-0.4, -0.2) is 28.5 Å². The molecule has 0 heterocycles. The summed E-state index contributed by atoms with van der Waals surface area (Å²) in [5.41, 5.74) is 0.506. The number of carboxylic acids is 1. The maximum atomic E-state index is 11.9. The summed E-state index contributed by atoms with van der Waals surface area (Å²) in [6, 6.07) is 10.3. The van der Waals surface area contributed by atoms with E-state index in [4.69, 9.17) is 9.84 Å². The third kappa shape index (κ3) is 4.07. The van der Waals surface area contributed by atoms with Crippen LogP contribution >= 0.6 is 0 Å². The van der Waals surface area contributed by atoms with Gasteiger partial charge in [0.05, 0.1) is 16.2 Å². The second-order valence-corrected chi connectivity index (χ2v) is 4.92. The summed E-state index contributed by atoms with van der Waals surface area (Å²) in [6.45, 7) is 1.21. The highest BCUT2D eigenvalue weighted by atomic mass is 16.6. The summed E-state index contributed by atoms with van der Waals surface area (Å²) in [7, 11) is 0. The summed E-state index contributed by atoms with van der Waals surface area (Å²) in [6.07, 6.45) is 0. The second kappa shape index (κ2) is 7.23. The van der Waals surface area contributed by atoms with E-state index in [0.29, 0.717) is 5.56 Å². The van der Waals surface area contributed by atoms with Crippen molar-refractivity contribution in [3.63, 3.8) is 0 Å². The number of nitrogens with zero attached hydrogens (tertiary/aromatic N) is 1. The molecule has 24 heavy (non-hydrogen) atoms. The second-order valence-electron chi connectivity index (χ2n) is 4.92. The van der Waals surface area contributed by atoms with Crippen molar-refractivity contribution in [2.45, 2.75) is 6.92 Å². The molecule has 0 unspecified atom stereocenters. The van der Waals surface area contributed by atoms with Crippen LogP contribution in [0.1, 0.15) is 15.9 Å². The Kier molecular flexibility index (Phi) is 5.10. The Hall–Kier alpha value is -3.42. The number of aromatic carboxylic acids is 1. The maximum Gasteiger partial charge on any atom is 0.337 e. The average molecular weight is 330 g/mol. The number of hydrogen-bond donors (Lipinski definition) is 2. The van der Waals surface area contributed by atoms with E-state index in [0.717, 1.165) is 0 Å². The topological polar surface area (TPSA) is 119 Å². The van der Waals surface area contributed by atoms with Gasteiger partial charge in [0.1, 0.15) is 0 Å². The fraction of sp³-hybridized carbons (Fsp3) is 0.125. The van der Waals surface area contributed by atoms with Crippen molar-refractivity contribution in [2.24, 2.45) is 0 Å². The number of carboxylic acid groups (broad SMARTS) is 1. The van der Waals surface area contributed by atoms with E-state index in [1.54, 1.807) is 19.1 Å². The molecule has 0 radical (unpaired) electrons. The van der Waals surface area contributed by atoms with Gasteiger partial charge in [-0.05, 0) is 30.7 Å². The fourth-order valence-corrected chi connectivity index (χ4v) is 2.00. The van der Waals surface area contributed by atoms with Crippen LogP contribution < -0.4 is 10.1 Å². The van der Waals surface area contributed by atoms with Crippen LogP contribution in [0.5, 0.6) is 5.75 Å². The van der Waals surface area contributed by atoms with Crippen LogP contribution in [0.2, 0.25) is 0 Å². The van der Waals surface area contributed by atoms with Crippen molar-refractivity contribution in [3.05, 3.63) is 63.7 Å².